The molecule has 0 aliphatic carbocycles. The molecule has 2 N–H and O–H groups in total. The number of aliphatic hydroxyl groups excluding tert-OH is 2. The second-order valence-corrected chi connectivity index (χ2v) is 38.0. The van der Waals surface area contributed by atoms with E-state index >= 15 is 0 Å². The number of imidazole rings is 3. The van der Waals surface area contributed by atoms with Gasteiger partial charge >= 0.3 is 23.2 Å². The highest BCUT2D eigenvalue weighted by Crippen LogP contribution is 2.44. The maximum Gasteiger partial charge on any atom is 0.430 e. The zero-order valence-electron chi connectivity index (χ0n) is 86.5. The molecular formula is C107H166F3N15O15. The van der Waals surface area contributed by atoms with Crippen LogP contribution in [0, 0.1) is 0 Å². The number of halogens is 3. The van der Waals surface area contributed by atoms with Gasteiger partial charge in [0.2, 0.25) is 17.6 Å². The third-order valence-electron chi connectivity index (χ3n) is 27.0. The third-order valence-corrected chi connectivity index (χ3v) is 27.0. The Bertz CT molecular complexity index is 5520. The zero-order chi connectivity index (χ0) is 102. The molecule has 0 aliphatic heterocycles. The molecule has 6 aromatic heterocycles. The number of carbonyl (C=O) groups excluding carboxylic acids is 3. The summed E-state index contributed by atoms with van der Waals surface area (Å²) in [4.78, 5) is 133. The van der Waals surface area contributed by atoms with Crippen molar-refractivity contribution >= 4 is 51.2 Å². The zero-order valence-corrected chi connectivity index (χ0v) is 86.5. The van der Waals surface area contributed by atoms with Crippen LogP contribution in [-0.2, 0) is 99.6 Å². The predicted octanol–water partition coefficient (Wildman–Crippen LogP) is 18.3. The Morgan fingerprint density at radius 1 is 0.400 bits per heavy atom. The van der Waals surface area contributed by atoms with Gasteiger partial charge in [0.25, 0.3) is 28.2 Å². The van der Waals surface area contributed by atoms with Crippen LogP contribution >= 0.6 is 0 Å². The van der Waals surface area contributed by atoms with Gasteiger partial charge in [-0.2, -0.15) is 13.2 Å². The van der Waals surface area contributed by atoms with Crippen molar-refractivity contribution in [1.82, 2.24) is 70.8 Å². The molecule has 3 aromatic carbocycles. The fourth-order valence-electron chi connectivity index (χ4n) is 18.6. The van der Waals surface area contributed by atoms with Gasteiger partial charge in [-0.25, -0.2) is 29.3 Å². The quantitative estimate of drug-likeness (QED) is 0.0334. The monoisotopic (exact) mass is 1960 g/mol. The van der Waals surface area contributed by atoms with Crippen molar-refractivity contribution in [3.05, 3.63) is 171 Å². The van der Waals surface area contributed by atoms with E-state index in [-0.39, 0.29) is 64.2 Å². The van der Waals surface area contributed by atoms with Gasteiger partial charge in [0.15, 0.2) is 45.0 Å². The standard InChI is InChI=1S/C40H62F3N5O5.C38H61N5O4.C29H43N5O6/c1-5-6-7-8-9-10-11-14-17-23-28-47(37(51)39(53-4,40(41,42)43)32-25-20-19-21-26-32)30-33(49)27-22-16-13-12-15-18-24-29-48-36(50)34-35(44-31-45(34)2)46(3)38(48)52;1-4-5-6-7-8-9-10-13-16-22-27-42(34(45)29-32-24-19-18-20-25-32)30-33(44)26-21-15-12-11-14-17-23-28-43-37(46)35-36(39-31-40(35)2)41(3)38(43)47;1-31(19-21-17-22(38-4)26(40-6)23(18-21)39-5)24(35)15-13-11-9-7-8-10-12-14-16-34-28(36)25-27(30-20-32(25)2)33(3)29(34)37/h19-21,25-26,31,33,49H,5-18,22-24,27-30H2,1-4H3;18-20,24-25,31,33,44H,4-17,21-23,26-30H2,1-3H3;17-18,20H,7-16,19H2,1-6H3. The number of nitrogens with zero attached hydrogens (tertiary/aromatic N) is 15. The summed E-state index contributed by atoms with van der Waals surface area (Å²) in [6, 6.07) is 20.6. The van der Waals surface area contributed by atoms with Crippen molar-refractivity contribution in [3.63, 3.8) is 0 Å². The number of hydrogen-bond donors (Lipinski definition) is 2. The van der Waals surface area contributed by atoms with Crippen molar-refractivity contribution < 1.29 is 56.7 Å². The first-order valence-electron chi connectivity index (χ1n) is 52.0. The molecule has 3 atom stereocenters. The molecule has 30 nitrogen and oxygen atoms in total. The molecule has 0 fully saturated rings. The summed E-state index contributed by atoms with van der Waals surface area (Å²) >= 11 is 0. The predicted molar refractivity (Wildman–Crippen MR) is 549 cm³/mol. The summed E-state index contributed by atoms with van der Waals surface area (Å²) < 4.78 is 78.7. The molecule has 0 saturated carbocycles. The first-order chi connectivity index (χ1) is 67.5. The van der Waals surface area contributed by atoms with E-state index < -0.39 is 29.9 Å². The smallest absolute Gasteiger partial charge is 0.430 e. The van der Waals surface area contributed by atoms with E-state index in [0.29, 0.717) is 135 Å². The van der Waals surface area contributed by atoms with Gasteiger partial charge in [-0.15, -0.1) is 0 Å². The summed E-state index contributed by atoms with van der Waals surface area (Å²) in [5.74, 6) is 0.690. The van der Waals surface area contributed by atoms with E-state index in [1.165, 1.54) is 141 Å². The van der Waals surface area contributed by atoms with E-state index in [1.807, 2.05) is 54.4 Å². The van der Waals surface area contributed by atoms with E-state index in [9.17, 15) is 66.5 Å². The van der Waals surface area contributed by atoms with Gasteiger partial charge in [-0.05, 0) is 74.6 Å². The van der Waals surface area contributed by atoms with Crippen LogP contribution in [0.4, 0.5) is 13.2 Å². The molecule has 0 bridgehead atoms. The number of ether oxygens (including phenoxy) is 4. The molecule has 3 amide bonds. The molecule has 3 unspecified atom stereocenters. The van der Waals surface area contributed by atoms with Crippen LogP contribution in [0.25, 0.3) is 33.5 Å². The highest BCUT2D eigenvalue weighted by atomic mass is 19.4. The Balaban J connectivity index is 0.000000288. The van der Waals surface area contributed by atoms with Crippen LogP contribution in [0.15, 0.2) is 121 Å². The van der Waals surface area contributed by atoms with Crippen LogP contribution < -0.4 is 48.0 Å². The Kier molecular flexibility index (Phi) is 52.3. The van der Waals surface area contributed by atoms with Gasteiger partial charge in [0, 0.05) is 121 Å². The fraction of sp³-hybridized carbons (Fsp3) is 0.664. The third kappa shape index (κ3) is 35.6. The molecule has 9 rings (SSSR count). The highest BCUT2D eigenvalue weighted by molar-refractivity contribution is 5.88. The van der Waals surface area contributed by atoms with Gasteiger partial charge in [-0.1, -0.05) is 306 Å². The molecule has 0 aliphatic rings. The number of aryl methyl sites for hydroxylation is 6. The largest absolute Gasteiger partial charge is 0.493 e. The van der Waals surface area contributed by atoms with Gasteiger partial charge in [-0.3, -0.25) is 56.2 Å². The molecule has 33 heteroatoms. The molecule has 0 spiro atoms. The van der Waals surface area contributed by atoms with E-state index in [1.54, 1.807) is 101 Å². The van der Waals surface area contributed by atoms with Crippen LogP contribution in [0.3, 0.4) is 0 Å². The van der Waals surface area contributed by atoms with Crippen molar-refractivity contribution in [2.45, 2.75) is 359 Å². The molecule has 6 heterocycles. The van der Waals surface area contributed by atoms with Crippen molar-refractivity contribution in [1.29, 1.82) is 0 Å². The molecule has 780 valence electrons. The molecule has 9 aromatic rings. The minimum atomic E-state index is -5.01. The number of methoxy groups -OCH3 is 4. The van der Waals surface area contributed by atoms with Gasteiger partial charge in [0.05, 0.1) is 58.9 Å². The fourth-order valence-corrected chi connectivity index (χ4v) is 18.6. The first-order valence-corrected chi connectivity index (χ1v) is 52.0. The molecule has 0 saturated heterocycles. The van der Waals surface area contributed by atoms with Crippen LogP contribution in [0.5, 0.6) is 17.2 Å². The normalized spacial score (nSPS) is 12.5. The SMILES string of the molecule is CCCCCCCCCCCCN(CC(O)CCCCCCCCCn1c(=O)c2c(ncn2C)n(C)c1=O)C(=O)C(OC)(c1ccccc1)C(F)(F)F.CCCCCCCCCCCCN(CC(O)CCCCCCCCCn1c(=O)c2c(ncn2C)n(C)c1=O)C(=O)Cc1ccccc1.COc1cc(CN(C)C(=O)CCCCCCCCCCn2c(=O)c3c(ncn3C)n(C)c2=O)cc(OC)c1OC. The number of fused-ring (bicyclic) bond motifs is 3. The maximum atomic E-state index is 14.8. The van der Waals surface area contributed by atoms with Crippen LogP contribution in [0.1, 0.15) is 319 Å². The van der Waals surface area contributed by atoms with Crippen molar-refractivity contribution in [2.75, 3.05) is 61.7 Å². The average Bonchev–Trinajstić information content (AvgIpc) is 1.25. The second kappa shape index (κ2) is 62.8. The average molecular weight is 1960 g/mol. The molecule has 0 radical (unpaired) electrons. The number of aromatic nitrogens is 12. The van der Waals surface area contributed by atoms with Gasteiger partial charge < -0.3 is 57.6 Å². The number of hydrogen-bond acceptors (Lipinski definition) is 18. The molecular weight excluding hydrogens is 1790 g/mol. The number of rotatable bonds is 67. The first kappa shape index (κ1) is 117. The molecule has 140 heavy (non-hydrogen) atoms. The summed E-state index contributed by atoms with van der Waals surface area (Å²) in [7, 11) is 17.6. The number of aliphatic hydroxyl groups is 2. The summed E-state index contributed by atoms with van der Waals surface area (Å²) in [6.45, 7) is 7.09. The number of carbonyl (C=O) groups is 3. The summed E-state index contributed by atoms with van der Waals surface area (Å²) in [5.41, 5.74) is -0.914. The lowest BCUT2D eigenvalue weighted by Gasteiger charge is -2.38. The Labute approximate surface area is 826 Å². The maximum absolute atomic E-state index is 14.8. The van der Waals surface area contributed by atoms with E-state index in [2.05, 4.69) is 28.8 Å². The minimum absolute atomic E-state index is 0.103. The van der Waals surface area contributed by atoms with Crippen molar-refractivity contribution in [3.8, 4) is 17.2 Å². The van der Waals surface area contributed by atoms with E-state index in [4.69, 9.17) is 18.9 Å². The van der Waals surface area contributed by atoms with Gasteiger partial charge in [0.1, 0.15) is 0 Å². The Morgan fingerprint density at radius 2 is 0.721 bits per heavy atom. The Hall–Kier alpha value is -10.4. The van der Waals surface area contributed by atoms with Crippen molar-refractivity contribution in [2.24, 2.45) is 42.3 Å². The second-order valence-electron chi connectivity index (χ2n) is 38.0. The lowest BCUT2D eigenvalue weighted by molar-refractivity contribution is -0.270. The minimum Gasteiger partial charge on any atom is -0.493 e. The van der Waals surface area contributed by atoms with Crippen LogP contribution in [0.2, 0.25) is 0 Å². The highest BCUT2D eigenvalue weighted by Gasteiger charge is 2.64. The summed E-state index contributed by atoms with van der Waals surface area (Å²) in [5, 5.41) is 21.8. The van der Waals surface area contributed by atoms with Crippen LogP contribution in [-0.4, -0.2) is 179 Å². The van der Waals surface area contributed by atoms with E-state index in [0.717, 1.165) is 190 Å². The number of unbranched alkanes of at least 4 members (excludes halogenated alkanes) is 37. The Morgan fingerprint density at radius 3 is 1.06 bits per heavy atom. The lowest BCUT2D eigenvalue weighted by atomic mass is 9.90. The lowest BCUT2D eigenvalue weighted by Crippen LogP contribution is -2.58. The number of amides is 3. The topological polar surface area (TPSA) is 324 Å². The summed E-state index contributed by atoms with van der Waals surface area (Å²) in [6.07, 6.45) is 44.0. The number of alkyl halides is 3. The number of benzene rings is 3.